The summed E-state index contributed by atoms with van der Waals surface area (Å²) in [4.78, 5) is 22.0. The maximum absolute atomic E-state index is 11.3. The number of halogens is 1. The average Bonchev–Trinajstić information content (AvgIpc) is 2.58. The molecule has 0 heterocycles. The largest absolute Gasteiger partial charge is 0.388 e. The van der Waals surface area contributed by atoms with E-state index in [-0.39, 0.29) is 17.2 Å². The van der Waals surface area contributed by atoms with Gasteiger partial charge in [-0.15, -0.1) is 0 Å². The lowest BCUT2D eigenvalue weighted by atomic mass is 9.64. The second kappa shape index (κ2) is 14.9. The highest BCUT2D eigenvalue weighted by molar-refractivity contribution is 6.30. The fourth-order valence-electron chi connectivity index (χ4n) is 2.60. The number of methoxy groups -OCH3 is 1. The molecule has 1 aromatic carbocycles. The Balaban J connectivity index is 0. The van der Waals surface area contributed by atoms with Gasteiger partial charge < -0.3 is 10.1 Å². The van der Waals surface area contributed by atoms with Crippen molar-refractivity contribution in [3.05, 3.63) is 34.9 Å². The molecule has 1 aliphatic carbocycles. The average molecular weight is 372 g/mol. The van der Waals surface area contributed by atoms with Crippen LogP contribution in [0.4, 0.5) is 0 Å². The molecule has 0 aromatic heterocycles. The number of ketones is 1. The van der Waals surface area contributed by atoms with E-state index in [1.165, 1.54) is 0 Å². The van der Waals surface area contributed by atoms with Gasteiger partial charge in [-0.3, -0.25) is 9.59 Å². The number of nitrogens with one attached hydrogen (secondary N) is 1. The summed E-state index contributed by atoms with van der Waals surface area (Å²) in [5.41, 5.74) is 0.863. The Bertz CT molecular complexity index is 468. The molecule has 0 spiro atoms. The van der Waals surface area contributed by atoms with Crippen LogP contribution in [0.2, 0.25) is 5.02 Å². The van der Waals surface area contributed by atoms with Gasteiger partial charge in [0.05, 0.1) is 0 Å². The lowest BCUT2D eigenvalue weighted by molar-refractivity contribution is -0.128. The highest BCUT2D eigenvalue weighted by Crippen LogP contribution is 2.40. The topological polar surface area (TPSA) is 55.4 Å². The van der Waals surface area contributed by atoms with Crippen LogP contribution in [-0.2, 0) is 20.7 Å². The molecule has 1 N–H and O–H groups in total. The Morgan fingerprint density at radius 2 is 1.64 bits per heavy atom. The second-order valence-corrected chi connectivity index (χ2v) is 5.91. The SMILES string of the molecule is CC.CC.CC(=O)C1CC(Cc2ccc(Cl)cc2)(NC=O)C1.COC. The number of amides is 1. The van der Waals surface area contributed by atoms with Gasteiger partial charge in [0.25, 0.3) is 0 Å². The predicted molar refractivity (Wildman–Crippen MR) is 106 cm³/mol. The molecule has 1 saturated carbocycles. The first kappa shape index (κ1) is 25.8. The van der Waals surface area contributed by atoms with Gasteiger partial charge >= 0.3 is 0 Å². The maximum atomic E-state index is 11.3. The number of carbonyl (C=O) groups is 2. The zero-order valence-corrected chi connectivity index (χ0v) is 17.4. The summed E-state index contributed by atoms with van der Waals surface area (Å²) in [6, 6.07) is 7.59. The third kappa shape index (κ3) is 9.61. The Hall–Kier alpha value is -1.39. The molecule has 2 rings (SSSR count). The molecular weight excluding hydrogens is 338 g/mol. The van der Waals surface area contributed by atoms with Gasteiger partial charge in [0.2, 0.25) is 6.41 Å². The number of hydrogen-bond acceptors (Lipinski definition) is 3. The minimum absolute atomic E-state index is 0.0877. The zero-order chi connectivity index (χ0) is 19.9. The third-order valence-corrected chi connectivity index (χ3v) is 3.92. The fraction of sp³-hybridized carbons (Fsp3) is 0.600. The molecule has 0 radical (unpaired) electrons. The summed E-state index contributed by atoms with van der Waals surface area (Å²) in [6.07, 6.45) is 2.92. The van der Waals surface area contributed by atoms with Crippen LogP contribution in [0.5, 0.6) is 0 Å². The summed E-state index contributed by atoms with van der Waals surface area (Å²) in [5, 5.41) is 3.58. The quantitative estimate of drug-likeness (QED) is 0.764. The summed E-state index contributed by atoms with van der Waals surface area (Å²) in [7, 11) is 3.25. The molecule has 4 nitrogen and oxygen atoms in total. The minimum atomic E-state index is -0.258. The van der Waals surface area contributed by atoms with Crippen molar-refractivity contribution in [2.24, 2.45) is 5.92 Å². The van der Waals surface area contributed by atoms with Gasteiger partial charge in [-0.1, -0.05) is 51.4 Å². The van der Waals surface area contributed by atoms with Crippen molar-refractivity contribution >= 4 is 23.8 Å². The van der Waals surface area contributed by atoms with E-state index in [4.69, 9.17) is 11.6 Å². The number of rotatable bonds is 5. The Morgan fingerprint density at radius 3 is 2.00 bits per heavy atom. The Morgan fingerprint density at radius 1 is 1.20 bits per heavy atom. The van der Waals surface area contributed by atoms with Crippen LogP contribution in [-0.4, -0.2) is 32.0 Å². The smallest absolute Gasteiger partial charge is 0.207 e. The monoisotopic (exact) mass is 371 g/mol. The van der Waals surface area contributed by atoms with Crippen molar-refractivity contribution in [1.82, 2.24) is 5.32 Å². The summed E-state index contributed by atoms with van der Waals surface area (Å²) < 4.78 is 4.25. The van der Waals surface area contributed by atoms with Crippen LogP contribution in [0.15, 0.2) is 24.3 Å². The molecule has 0 bridgehead atoms. The molecular formula is C20H34ClNO3. The highest BCUT2D eigenvalue weighted by Gasteiger charge is 2.45. The van der Waals surface area contributed by atoms with Gasteiger partial charge in [-0.05, 0) is 43.9 Å². The first-order valence-electron chi connectivity index (χ1n) is 8.82. The van der Waals surface area contributed by atoms with Crippen molar-refractivity contribution in [2.75, 3.05) is 14.2 Å². The number of Topliss-reactive ketones (excluding diaryl/α,β-unsaturated/α-hetero) is 1. The Labute approximate surface area is 158 Å². The fourth-order valence-corrected chi connectivity index (χ4v) is 2.73. The molecule has 1 amide bonds. The normalized spacial score (nSPS) is 20.1. The summed E-state index contributed by atoms with van der Waals surface area (Å²) in [6.45, 7) is 9.61. The number of ether oxygens (including phenoxy) is 1. The summed E-state index contributed by atoms with van der Waals surface area (Å²) >= 11 is 5.84. The van der Waals surface area contributed by atoms with E-state index in [9.17, 15) is 9.59 Å². The van der Waals surface area contributed by atoms with Crippen LogP contribution in [0.1, 0.15) is 53.0 Å². The van der Waals surface area contributed by atoms with E-state index < -0.39 is 0 Å². The van der Waals surface area contributed by atoms with Gasteiger partial charge in [-0.25, -0.2) is 0 Å². The standard InChI is InChI=1S/C14H16ClNO2.C2H6O.2C2H6/c1-10(18)12-7-14(8-12,16-9-17)6-11-2-4-13(15)5-3-11;1-3-2;2*1-2/h2-5,9,12H,6-8H2,1H3,(H,16,17);1-2H3;2*1-2H3. The van der Waals surface area contributed by atoms with Crippen LogP contribution < -0.4 is 5.32 Å². The third-order valence-electron chi connectivity index (χ3n) is 3.67. The van der Waals surface area contributed by atoms with Gasteiger partial charge in [-0.2, -0.15) is 0 Å². The van der Waals surface area contributed by atoms with Crippen molar-refractivity contribution in [1.29, 1.82) is 0 Å². The van der Waals surface area contributed by atoms with Gasteiger partial charge in [0, 0.05) is 30.7 Å². The molecule has 0 aliphatic heterocycles. The molecule has 1 aliphatic rings. The van der Waals surface area contributed by atoms with Crippen molar-refractivity contribution < 1.29 is 14.3 Å². The van der Waals surface area contributed by atoms with Crippen molar-refractivity contribution in [3.63, 3.8) is 0 Å². The molecule has 0 unspecified atom stereocenters. The first-order valence-corrected chi connectivity index (χ1v) is 9.20. The molecule has 0 atom stereocenters. The van der Waals surface area contributed by atoms with Crippen LogP contribution in [0.3, 0.4) is 0 Å². The molecule has 144 valence electrons. The second-order valence-electron chi connectivity index (χ2n) is 5.47. The van der Waals surface area contributed by atoms with Crippen LogP contribution in [0, 0.1) is 5.92 Å². The number of hydrogen-bond donors (Lipinski definition) is 1. The van der Waals surface area contributed by atoms with Crippen LogP contribution in [0.25, 0.3) is 0 Å². The highest BCUT2D eigenvalue weighted by atomic mass is 35.5. The van der Waals surface area contributed by atoms with E-state index in [1.54, 1.807) is 21.1 Å². The van der Waals surface area contributed by atoms with E-state index in [2.05, 4.69) is 10.1 Å². The molecule has 1 aromatic rings. The van der Waals surface area contributed by atoms with Crippen molar-refractivity contribution in [3.8, 4) is 0 Å². The van der Waals surface area contributed by atoms with E-state index in [0.29, 0.717) is 5.02 Å². The number of benzene rings is 1. The van der Waals surface area contributed by atoms with E-state index in [0.717, 1.165) is 31.2 Å². The molecule has 5 heteroatoms. The molecule has 1 fully saturated rings. The maximum Gasteiger partial charge on any atom is 0.207 e. The molecule has 0 saturated heterocycles. The van der Waals surface area contributed by atoms with Gasteiger partial charge in [0.1, 0.15) is 5.78 Å². The Kier molecular flexibility index (Phi) is 15.4. The molecule has 25 heavy (non-hydrogen) atoms. The number of carbonyl (C=O) groups excluding carboxylic acids is 2. The predicted octanol–water partition coefficient (Wildman–Crippen LogP) is 4.68. The zero-order valence-electron chi connectivity index (χ0n) is 16.7. The first-order chi connectivity index (χ1) is 12.0. The lowest BCUT2D eigenvalue weighted by Crippen LogP contribution is -2.57. The van der Waals surface area contributed by atoms with E-state index >= 15 is 0 Å². The van der Waals surface area contributed by atoms with Gasteiger partial charge in [0.15, 0.2) is 0 Å². The van der Waals surface area contributed by atoms with E-state index in [1.807, 2.05) is 52.0 Å². The van der Waals surface area contributed by atoms with Crippen molar-refractivity contribution in [2.45, 2.75) is 59.4 Å². The summed E-state index contributed by atoms with van der Waals surface area (Å²) in [5.74, 6) is 0.291. The van der Waals surface area contributed by atoms with Crippen LogP contribution >= 0.6 is 11.6 Å². The minimum Gasteiger partial charge on any atom is -0.388 e. The lowest BCUT2D eigenvalue weighted by Gasteiger charge is -2.46.